The highest BCUT2D eigenvalue weighted by atomic mass is 19.4. The lowest BCUT2D eigenvalue weighted by atomic mass is 10.1. The van der Waals surface area contributed by atoms with E-state index < -0.39 is 11.7 Å². The number of anilines is 1. The van der Waals surface area contributed by atoms with E-state index in [0.29, 0.717) is 31.0 Å². The Labute approximate surface area is 141 Å². The zero-order chi connectivity index (χ0) is 18.0. The van der Waals surface area contributed by atoms with Gasteiger partial charge in [-0.15, -0.1) is 0 Å². The molecule has 25 heavy (non-hydrogen) atoms. The third-order valence-corrected chi connectivity index (χ3v) is 4.03. The highest BCUT2D eigenvalue weighted by Gasteiger charge is 2.30. The average Bonchev–Trinajstić information content (AvgIpc) is 3.23. The first kappa shape index (κ1) is 16.8. The van der Waals surface area contributed by atoms with Crippen LogP contribution in [0.15, 0.2) is 36.8 Å². The number of alkyl halides is 3. The summed E-state index contributed by atoms with van der Waals surface area (Å²) in [7, 11) is 0. The minimum absolute atomic E-state index is 0.226. The fourth-order valence-corrected chi connectivity index (χ4v) is 2.64. The Morgan fingerprint density at radius 1 is 1.32 bits per heavy atom. The van der Waals surface area contributed by atoms with Crippen LogP contribution in [0, 0.1) is 17.4 Å². The van der Waals surface area contributed by atoms with E-state index in [0.717, 1.165) is 12.1 Å². The van der Waals surface area contributed by atoms with Crippen LogP contribution < -0.4 is 5.32 Å². The molecular formula is C16H14F3N5O. The van der Waals surface area contributed by atoms with Crippen molar-refractivity contribution < 1.29 is 18.0 Å². The van der Waals surface area contributed by atoms with Crippen molar-refractivity contribution in [1.29, 1.82) is 5.26 Å². The van der Waals surface area contributed by atoms with Gasteiger partial charge in [-0.1, -0.05) is 0 Å². The lowest BCUT2D eigenvalue weighted by Gasteiger charge is -2.09. The smallest absolute Gasteiger partial charge is 0.310 e. The topological polar surface area (TPSA) is 74.0 Å². The van der Waals surface area contributed by atoms with E-state index in [4.69, 9.17) is 5.26 Å². The predicted octanol–water partition coefficient (Wildman–Crippen LogP) is 2.63. The van der Waals surface area contributed by atoms with Gasteiger partial charge in [0.05, 0.1) is 17.7 Å². The molecule has 0 spiro atoms. The van der Waals surface area contributed by atoms with Crippen molar-refractivity contribution in [2.75, 3.05) is 18.4 Å². The molecule has 1 amide bonds. The van der Waals surface area contributed by atoms with Crippen LogP contribution in [0.5, 0.6) is 0 Å². The molecule has 0 radical (unpaired) electrons. The van der Waals surface area contributed by atoms with Crippen LogP contribution in [-0.2, 0) is 11.0 Å². The average molecular weight is 349 g/mol. The summed E-state index contributed by atoms with van der Waals surface area (Å²) >= 11 is 0. The van der Waals surface area contributed by atoms with Crippen molar-refractivity contribution >= 4 is 11.7 Å². The molecule has 1 fully saturated rings. The van der Waals surface area contributed by atoms with Gasteiger partial charge in [-0.25, -0.2) is 4.98 Å². The van der Waals surface area contributed by atoms with Gasteiger partial charge in [-0.2, -0.15) is 18.4 Å². The van der Waals surface area contributed by atoms with Gasteiger partial charge < -0.3 is 14.8 Å². The van der Waals surface area contributed by atoms with Crippen LogP contribution in [0.1, 0.15) is 12.0 Å². The summed E-state index contributed by atoms with van der Waals surface area (Å²) in [5.74, 6) is -0.202. The molecule has 1 unspecified atom stereocenters. The number of imidazole rings is 1. The number of nitrogens with one attached hydrogen (secondary N) is 1. The maximum atomic E-state index is 12.6. The minimum Gasteiger partial charge on any atom is -0.310 e. The predicted molar refractivity (Wildman–Crippen MR) is 82.5 cm³/mol. The van der Waals surface area contributed by atoms with Crippen molar-refractivity contribution in [3.63, 3.8) is 0 Å². The Hall–Kier alpha value is -3.02. The molecule has 1 aliphatic heterocycles. The van der Waals surface area contributed by atoms with Crippen molar-refractivity contribution in [1.82, 2.24) is 14.5 Å². The SMILES string of the molecule is N#CN1CCC(C(=O)Nc2cn(-c3ccc(C(F)(F)F)cc3)cn2)C1. The van der Waals surface area contributed by atoms with Gasteiger partial charge in [0.15, 0.2) is 12.0 Å². The first-order valence-electron chi connectivity index (χ1n) is 7.54. The van der Waals surface area contributed by atoms with Crippen LogP contribution in [-0.4, -0.2) is 33.4 Å². The van der Waals surface area contributed by atoms with Gasteiger partial charge in [-0.05, 0) is 30.7 Å². The van der Waals surface area contributed by atoms with E-state index in [9.17, 15) is 18.0 Å². The third kappa shape index (κ3) is 3.74. The molecule has 1 aliphatic rings. The molecule has 1 N–H and O–H groups in total. The lowest BCUT2D eigenvalue weighted by Crippen LogP contribution is -2.25. The number of rotatable bonds is 3. The number of benzene rings is 1. The van der Waals surface area contributed by atoms with Crippen molar-refractivity contribution in [2.24, 2.45) is 5.92 Å². The highest BCUT2D eigenvalue weighted by Crippen LogP contribution is 2.29. The molecule has 9 heteroatoms. The Morgan fingerprint density at radius 3 is 2.64 bits per heavy atom. The summed E-state index contributed by atoms with van der Waals surface area (Å²) in [5.41, 5.74) is -0.231. The van der Waals surface area contributed by atoms with E-state index in [1.54, 1.807) is 0 Å². The van der Waals surface area contributed by atoms with E-state index >= 15 is 0 Å². The number of aromatic nitrogens is 2. The number of hydrogen-bond donors (Lipinski definition) is 1. The molecule has 1 aromatic heterocycles. The van der Waals surface area contributed by atoms with Gasteiger partial charge >= 0.3 is 6.18 Å². The first-order valence-corrected chi connectivity index (χ1v) is 7.54. The zero-order valence-corrected chi connectivity index (χ0v) is 13.0. The van der Waals surface area contributed by atoms with E-state index in [1.807, 2.05) is 6.19 Å². The second-order valence-corrected chi connectivity index (χ2v) is 5.73. The van der Waals surface area contributed by atoms with E-state index in [-0.39, 0.29) is 11.8 Å². The third-order valence-electron chi connectivity index (χ3n) is 4.03. The second-order valence-electron chi connectivity index (χ2n) is 5.73. The molecule has 6 nitrogen and oxygen atoms in total. The fourth-order valence-electron chi connectivity index (χ4n) is 2.64. The molecule has 0 aliphatic carbocycles. The number of amides is 1. The second kappa shape index (κ2) is 6.47. The molecule has 0 saturated carbocycles. The summed E-state index contributed by atoms with van der Waals surface area (Å²) in [4.78, 5) is 17.7. The Balaban J connectivity index is 1.66. The van der Waals surface area contributed by atoms with Crippen LogP contribution in [0.25, 0.3) is 5.69 Å². The van der Waals surface area contributed by atoms with Crippen molar-refractivity contribution in [3.8, 4) is 11.9 Å². The van der Waals surface area contributed by atoms with Gasteiger partial charge in [0.2, 0.25) is 5.91 Å². The maximum absolute atomic E-state index is 12.6. The normalized spacial score (nSPS) is 17.4. The van der Waals surface area contributed by atoms with Gasteiger partial charge in [0, 0.05) is 18.8 Å². The summed E-state index contributed by atoms with van der Waals surface area (Å²) in [6.07, 6.45) is 1.16. The minimum atomic E-state index is -4.38. The summed E-state index contributed by atoms with van der Waals surface area (Å²) in [6.45, 7) is 0.927. The van der Waals surface area contributed by atoms with Crippen LogP contribution >= 0.6 is 0 Å². The monoisotopic (exact) mass is 349 g/mol. The van der Waals surface area contributed by atoms with Crippen LogP contribution in [0.2, 0.25) is 0 Å². The zero-order valence-electron chi connectivity index (χ0n) is 13.0. The molecule has 2 heterocycles. The summed E-state index contributed by atoms with van der Waals surface area (Å²) < 4.78 is 39.3. The highest BCUT2D eigenvalue weighted by molar-refractivity contribution is 5.92. The lowest BCUT2D eigenvalue weighted by molar-refractivity contribution is -0.137. The van der Waals surface area contributed by atoms with Gasteiger partial charge in [0.1, 0.15) is 6.33 Å². The summed E-state index contributed by atoms with van der Waals surface area (Å²) in [6, 6.07) is 4.64. The Bertz CT molecular complexity index is 806. The Morgan fingerprint density at radius 2 is 2.04 bits per heavy atom. The molecule has 1 atom stereocenters. The molecule has 1 saturated heterocycles. The number of hydrogen-bond acceptors (Lipinski definition) is 4. The Kier molecular flexibility index (Phi) is 4.35. The molecule has 2 aromatic rings. The number of likely N-dealkylation sites (tertiary alicyclic amines) is 1. The van der Waals surface area contributed by atoms with Crippen LogP contribution in [0.4, 0.5) is 19.0 Å². The van der Waals surface area contributed by atoms with E-state index in [2.05, 4.69) is 10.3 Å². The molecule has 3 rings (SSSR count). The first-order chi connectivity index (χ1) is 11.9. The molecule has 0 bridgehead atoms. The number of carbonyl (C=O) groups excluding carboxylic acids is 1. The quantitative estimate of drug-likeness (QED) is 0.865. The van der Waals surface area contributed by atoms with Gasteiger partial charge in [-0.3, -0.25) is 4.79 Å². The molecular weight excluding hydrogens is 335 g/mol. The van der Waals surface area contributed by atoms with Crippen molar-refractivity contribution in [3.05, 3.63) is 42.4 Å². The van der Waals surface area contributed by atoms with Gasteiger partial charge in [0.25, 0.3) is 0 Å². The maximum Gasteiger partial charge on any atom is 0.416 e. The fraction of sp³-hybridized carbons (Fsp3) is 0.312. The molecule has 130 valence electrons. The number of carbonyl (C=O) groups is 1. The molecule has 1 aromatic carbocycles. The van der Waals surface area contributed by atoms with Crippen molar-refractivity contribution in [2.45, 2.75) is 12.6 Å². The number of nitriles is 1. The van der Waals surface area contributed by atoms with Crippen LogP contribution in [0.3, 0.4) is 0 Å². The summed E-state index contributed by atoms with van der Waals surface area (Å²) in [5, 5.41) is 11.5. The standard InChI is InChI=1S/C16H14F3N5O/c17-16(18,19)12-1-3-13(4-2-12)24-8-14(21-10-24)22-15(25)11-5-6-23(7-11)9-20/h1-4,8,10-11H,5-7H2,(H,22,25). The number of halogens is 3. The largest absolute Gasteiger partial charge is 0.416 e. The number of nitrogens with zero attached hydrogens (tertiary/aromatic N) is 4. The van der Waals surface area contributed by atoms with E-state index in [1.165, 1.54) is 34.1 Å².